The van der Waals surface area contributed by atoms with Crippen molar-refractivity contribution in [2.75, 3.05) is 17.1 Å². The zero-order chi connectivity index (χ0) is 26.5. The Labute approximate surface area is 223 Å². The van der Waals surface area contributed by atoms with Gasteiger partial charge in [0.1, 0.15) is 12.6 Å². The summed E-state index contributed by atoms with van der Waals surface area (Å²) < 4.78 is 26.5. The Morgan fingerprint density at radius 2 is 1.81 bits per heavy atom. The number of hydrogen-bond donors (Lipinski definition) is 1. The van der Waals surface area contributed by atoms with E-state index in [1.165, 1.54) is 4.90 Å². The van der Waals surface area contributed by atoms with Crippen molar-refractivity contribution in [3.63, 3.8) is 0 Å². The fourth-order valence-electron chi connectivity index (χ4n) is 4.52. The molecule has 0 spiro atoms. The molecule has 2 aromatic rings. The summed E-state index contributed by atoms with van der Waals surface area (Å²) in [5, 5.41) is 3.90. The first-order valence-electron chi connectivity index (χ1n) is 12.1. The molecule has 1 atom stereocenters. The monoisotopic (exact) mass is 553 g/mol. The molecule has 2 amide bonds. The van der Waals surface area contributed by atoms with Gasteiger partial charge in [0, 0.05) is 22.6 Å². The lowest BCUT2D eigenvalue weighted by Gasteiger charge is -2.33. The van der Waals surface area contributed by atoms with Crippen LogP contribution in [0.4, 0.5) is 5.69 Å². The molecule has 1 aliphatic carbocycles. The minimum absolute atomic E-state index is 0.0385. The van der Waals surface area contributed by atoms with E-state index in [0.717, 1.165) is 41.8 Å². The van der Waals surface area contributed by atoms with Crippen LogP contribution >= 0.6 is 23.2 Å². The van der Waals surface area contributed by atoms with Crippen LogP contribution in [0.3, 0.4) is 0 Å². The molecule has 1 saturated carbocycles. The van der Waals surface area contributed by atoms with E-state index in [1.54, 1.807) is 36.4 Å². The first kappa shape index (κ1) is 28.3. The summed E-state index contributed by atoms with van der Waals surface area (Å²) in [6.07, 6.45) is 5.36. The van der Waals surface area contributed by atoms with Crippen LogP contribution < -0.4 is 9.62 Å². The Balaban J connectivity index is 1.95. The van der Waals surface area contributed by atoms with E-state index in [4.69, 9.17) is 23.2 Å². The van der Waals surface area contributed by atoms with E-state index in [-0.39, 0.29) is 18.5 Å². The number of nitrogens with zero attached hydrogens (tertiary/aromatic N) is 2. The van der Waals surface area contributed by atoms with E-state index in [2.05, 4.69) is 5.32 Å². The van der Waals surface area contributed by atoms with E-state index < -0.39 is 28.5 Å². The van der Waals surface area contributed by atoms with Gasteiger partial charge in [0.05, 0.1) is 11.9 Å². The molecular weight excluding hydrogens is 521 g/mol. The summed E-state index contributed by atoms with van der Waals surface area (Å²) in [7, 11) is -3.78. The number of aryl methyl sites for hydroxylation is 1. The van der Waals surface area contributed by atoms with E-state index in [9.17, 15) is 18.0 Å². The Morgan fingerprint density at radius 3 is 2.39 bits per heavy atom. The number of hydrogen-bond acceptors (Lipinski definition) is 4. The quantitative estimate of drug-likeness (QED) is 0.451. The molecule has 1 fully saturated rings. The molecule has 0 heterocycles. The first-order chi connectivity index (χ1) is 17.0. The SMILES string of the molecule is CCC(C(=O)NC1CCCC1)N(Cc1ccc(Cl)cc1Cl)C(=O)CN(c1cccc(C)c1)S(C)(=O)=O. The minimum atomic E-state index is -3.78. The van der Waals surface area contributed by atoms with Crippen LogP contribution in [0.1, 0.15) is 50.2 Å². The molecule has 1 unspecified atom stereocenters. The van der Waals surface area contributed by atoms with E-state index in [0.29, 0.717) is 27.7 Å². The third kappa shape index (κ3) is 7.37. The van der Waals surface area contributed by atoms with Crippen molar-refractivity contribution in [1.82, 2.24) is 10.2 Å². The lowest BCUT2D eigenvalue weighted by atomic mass is 10.1. The highest BCUT2D eigenvalue weighted by Gasteiger charge is 2.33. The van der Waals surface area contributed by atoms with Gasteiger partial charge in [-0.25, -0.2) is 8.42 Å². The molecule has 2 aromatic carbocycles. The van der Waals surface area contributed by atoms with Gasteiger partial charge in [-0.2, -0.15) is 0 Å². The summed E-state index contributed by atoms with van der Waals surface area (Å²) in [5.41, 5.74) is 1.86. The predicted molar refractivity (Wildman–Crippen MR) is 145 cm³/mol. The van der Waals surface area contributed by atoms with Crippen molar-refractivity contribution < 1.29 is 18.0 Å². The van der Waals surface area contributed by atoms with E-state index in [1.807, 2.05) is 19.9 Å². The van der Waals surface area contributed by atoms with Crippen molar-refractivity contribution in [1.29, 1.82) is 0 Å². The summed E-state index contributed by atoms with van der Waals surface area (Å²) >= 11 is 12.5. The van der Waals surface area contributed by atoms with Crippen molar-refractivity contribution in [3.8, 4) is 0 Å². The summed E-state index contributed by atoms with van der Waals surface area (Å²) in [4.78, 5) is 28.5. The first-order valence-corrected chi connectivity index (χ1v) is 14.7. The van der Waals surface area contributed by atoms with Gasteiger partial charge < -0.3 is 10.2 Å². The number of halogens is 2. The molecule has 0 aliphatic heterocycles. The van der Waals surface area contributed by atoms with Gasteiger partial charge in [0.2, 0.25) is 21.8 Å². The average molecular weight is 555 g/mol. The van der Waals surface area contributed by atoms with Gasteiger partial charge in [-0.1, -0.05) is 61.2 Å². The van der Waals surface area contributed by atoms with Crippen molar-refractivity contribution in [2.24, 2.45) is 0 Å². The fourth-order valence-corrected chi connectivity index (χ4v) is 5.83. The molecule has 36 heavy (non-hydrogen) atoms. The van der Waals surface area contributed by atoms with Crippen LogP contribution in [-0.2, 0) is 26.2 Å². The molecule has 7 nitrogen and oxygen atoms in total. The largest absolute Gasteiger partial charge is 0.352 e. The summed E-state index contributed by atoms with van der Waals surface area (Å²) in [6.45, 7) is 3.27. The number of carbonyl (C=O) groups is 2. The van der Waals surface area contributed by atoms with Crippen LogP contribution in [0.2, 0.25) is 10.0 Å². The van der Waals surface area contributed by atoms with Gasteiger partial charge in [-0.15, -0.1) is 0 Å². The lowest BCUT2D eigenvalue weighted by molar-refractivity contribution is -0.140. The lowest BCUT2D eigenvalue weighted by Crippen LogP contribution is -2.53. The molecule has 0 radical (unpaired) electrons. The average Bonchev–Trinajstić information content (AvgIpc) is 3.30. The van der Waals surface area contributed by atoms with Crippen molar-refractivity contribution in [2.45, 2.75) is 64.6 Å². The Morgan fingerprint density at radius 1 is 1.11 bits per heavy atom. The van der Waals surface area contributed by atoms with Gasteiger partial charge >= 0.3 is 0 Å². The Kier molecular flexibility index (Phi) is 9.66. The number of nitrogens with one attached hydrogen (secondary N) is 1. The van der Waals surface area contributed by atoms with Crippen LogP contribution in [-0.4, -0.2) is 50.0 Å². The van der Waals surface area contributed by atoms with Crippen molar-refractivity contribution >= 4 is 50.7 Å². The Hall–Kier alpha value is -2.29. The number of sulfonamides is 1. The topological polar surface area (TPSA) is 86.8 Å². The van der Waals surface area contributed by atoms with Gasteiger partial charge in [-0.3, -0.25) is 13.9 Å². The predicted octanol–water partition coefficient (Wildman–Crippen LogP) is 4.93. The molecular formula is C26H33Cl2N3O4S. The van der Waals surface area contributed by atoms with Crippen LogP contribution in [0.15, 0.2) is 42.5 Å². The zero-order valence-electron chi connectivity index (χ0n) is 20.8. The summed E-state index contributed by atoms with van der Waals surface area (Å²) in [6, 6.07) is 11.2. The minimum Gasteiger partial charge on any atom is -0.352 e. The summed E-state index contributed by atoms with van der Waals surface area (Å²) in [5.74, 6) is -0.745. The van der Waals surface area contributed by atoms with Gasteiger partial charge in [0.15, 0.2) is 0 Å². The zero-order valence-corrected chi connectivity index (χ0v) is 23.2. The smallest absolute Gasteiger partial charge is 0.244 e. The van der Waals surface area contributed by atoms with Crippen LogP contribution in [0.25, 0.3) is 0 Å². The molecule has 1 N–H and O–H groups in total. The maximum Gasteiger partial charge on any atom is 0.244 e. The third-order valence-electron chi connectivity index (χ3n) is 6.41. The third-order valence-corrected chi connectivity index (χ3v) is 8.14. The second-order valence-corrected chi connectivity index (χ2v) is 12.0. The number of benzene rings is 2. The van der Waals surface area contributed by atoms with Crippen LogP contribution in [0, 0.1) is 6.92 Å². The number of rotatable bonds is 10. The molecule has 3 rings (SSSR count). The fraction of sp³-hybridized carbons (Fsp3) is 0.462. The highest BCUT2D eigenvalue weighted by molar-refractivity contribution is 7.92. The number of carbonyl (C=O) groups excluding carboxylic acids is 2. The highest BCUT2D eigenvalue weighted by atomic mass is 35.5. The Bertz CT molecular complexity index is 1200. The molecule has 1 aliphatic rings. The standard InChI is InChI=1S/C26H33Cl2N3O4S/c1-4-24(26(33)29-21-9-5-6-10-21)30(16-19-12-13-20(27)15-23(19)28)25(32)17-31(36(3,34)35)22-11-7-8-18(2)14-22/h7-8,11-15,21,24H,4-6,9-10,16-17H2,1-3H3,(H,29,33). The van der Waals surface area contributed by atoms with Gasteiger partial charge in [0.25, 0.3) is 0 Å². The second kappa shape index (κ2) is 12.3. The molecule has 0 bridgehead atoms. The van der Waals surface area contributed by atoms with E-state index >= 15 is 0 Å². The van der Waals surface area contributed by atoms with Crippen molar-refractivity contribution in [3.05, 3.63) is 63.6 Å². The number of anilines is 1. The highest BCUT2D eigenvalue weighted by Crippen LogP contribution is 2.26. The molecule has 0 aromatic heterocycles. The molecule has 196 valence electrons. The second-order valence-electron chi connectivity index (χ2n) is 9.28. The number of amides is 2. The van der Waals surface area contributed by atoms with Gasteiger partial charge in [-0.05, 0) is 61.6 Å². The normalized spacial score (nSPS) is 14.9. The molecule has 10 heteroatoms. The van der Waals surface area contributed by atoms with Crippen LogP contribution in [0.5, 0.6) is 0 Å². The maximum absolute atomic E-state index is 13.8. The molecule has 0 saturated heterocycles. The maximum atomic E-state index is 13.8.